The molecule has 4 rings (SSSR count). The average molecular weight is 594 g/mol. The van der Waals surface area contributed by atoms with E-state index in [0.29, 0.717) is 6.54 Å². The zero-order valence-corrected chi connectivity index (χ0v) is 23.2. The molecule has 3 N–H and O–H groups in total. The number of benzene rings is 1. The number of amides is 1. The number of dihydropyridines is 1. The Morgan fingerprint density at radius 1 is 0.952 bits per heavy atom. The fourth-order valence-corrected chi connectivity index (χ4v) is 4.56. The third-order valence-corrected chi connectivity index (χ3v) is 6.30. The molecule has 42 heavy (non-hydrogen) atoms. The summed E-state index contributed by atoms with van der Waals surface area (Å²) in [6.07, 6.45) is -5.63. The van der Waals surface area contributed by atoms with Gasteiger partial charge in [-0.25, -0.2) is 15.0 Å². The lowest BCUT2D eigenvalue weighted by molar-refractivity contribution is -0.137. The molecule has 0 fully saturated rings. The molecular weight excluding hydrogens is 564 g/mol. The van der Waals surface area contributed by atoms with Gasteiger partial charge in [0.15, 0.2) is 5.65 Å². The number of halogens is 6. The number of carbonyl (C=O) groups is 1. The molecule has 8 nitrogen and oxygen atoms in total. The van der Waals surface area contributed by atoms with E-state index in [1.54, 1.807) is 0 Å². The van der Waals surface area contributed by atoms with Crippen molar-refractivity contribution in [1.82, 2.24) is 30.5 Å². The van der Waals surface area contributed by atoms with Gasteiger partial charge < -0.3 is 20.9 Å². The van der Waals surface area contributed by atoms with Crippen LogP contribution in [0.4, 0.5) is 37.8 Å². The molecule has 1 aromatic carbocycles. The first kappa shape index (κ1) is 30.8. The van der Waals surface area contributed by atoms with Crippen molar-refractivity contribution in [3.8, 4) is 0 Å². The number of fused-ring (bicyclic) bond motifs is 1. The normalized spacial score (nSPS) is 15.9. The predicted molar refractivity (Wildman–Crippen MR) is 146 cm³/mol. The molecule has 0 saturated heterocycles. The van der Waals surface area contributed by atoms with Gasteiger partial charge in [0.1, 0.15) is 5.82 Å². The van der Waals surface area contributed by atoms with Gasteiger partial charge in [0.25, 0.3) is 5.91 Å². The summed E-state index contributed by atoms with van der Waals surface area (Å²) in [4.78, 5) is 28.0. The van der Waals surface area contributed by atoms with Gasteiger partial charge in [-0.15, -0.1) is 0 Å². The number of hydrogen-bond acceptors (Lipinski definition) is 7. The SMILES string of the molecule is CN(C)CC(C)(C)CNC(=O)c1nc(Nc2ccc(C(F)(F)F)cc2)c2ccc(C3NC=CC=C3C(F)(F)F)nc2n1. The van der Waals surface area contributed by atoms with Crippen molar-refractivity contribution in [2.45, 2.75) is 32.2 Å². The maximum absolute atomic E-state index is 13.7. The van der Waals surface area contributed by atoms with Crippen molar-refractivity contribution in [1.29, 1.82) is 0 Å². The smallest absolute Gasteiger partial charge is 0.379 e. The molecule has 1 unspecified atom stereocenters. The molecule has 0 radical (unpaired) electrons. The Kier molecular flexibility index (Phi) is 8.48. The summed E-state index contributed by atoms with van der Waals surface area (Å²) in [5, 5.41) is 8.56. The summed E-state index contributed by atoms with van der Waals surface area (Å²) in [5.41, 5.74) is -1.89. The Bertz CT molecular complexity index is 1510. The number of anilines is 2. The first-order valence-corrected chi connectivity index (χ1v) is 12.8. The second-order valence-electron chi connectivity index (χ2n) is 10.9. The van der Waals surface area contributed by atoms with Crippen LogP contribution in [0.2, 0.25) is 0 Å². The summed E-state index contributed by atoms with van der Waals surface area (Å²) in [7, 11) is 3.80. The lowest BCUT2D eigenvalue weighted by Crippen LogP contribution is -2.40. The molecule has 224 valence electrons. The molecule has 3 heterocycles. The van der Waals surface area contributed by atoms with E-state index in [0.717, 1.165) is 18.2 Å². The fraction of sp³-hybridized carbons (Fsp3) is 0.357. The van der Waals surface area contributed by atoms with Crippen LogP contribution in [0.25, 0.3) is 11.0 Å². The second-order valence-corrected chi connectivity index (χ2v) is 10.9. The number of hydrogen-bond donors (Lipinski definition) is 3. The molecule has 1 aliphatic rings. The zero-order valence-electron chi connectivity index (χ0n) is 23.2. The summed E-state index contributed by atoms with van der Waals surface area (Å²) in [6, 6.07) is 5.64. The maximum atomic E-state index is 13.7. The molecule has 1 aliphatic heterocycles. The zero-order chi connectivity index (χ0) is 30.9. The predicted octanol–water partition coefficient (Wildman–Crippen LogP) is 5.75. The first-order valence-electron chi connectivity index (χ1n) is 12.8. The number of allylic oxidation sites excluding steroid dienone is 2. The van der Waals surface area contributed by atoms with E-state index >= 15 is 0 Å². The first-order chi connectivity index (χ1) is 19.5. The van der Waals surface area contributed by atoms with Crippen LogP contribution in [0.3, 0.4) is 0 Å². The second kappa shape index (κ2) is 11.6. The van der Waals surface area contributed by atoms with E-state index in [2.05, 4.69) is 30.9 Å². The summed E-state index contributed by atoms with van der Waals surface area (Å²) >= 11 is 0. The van der Waals surface area contributed by atoms with Crippen LogP contribution >= 0.6 is 0 Å². The van der Waals surface area contributed by atoms with Crippen molar-refractivity contribution < 1.29 is 31.1 Å². The van der Waals surface area contributed by atoms with Crippen molar-refractivity contribution in [2.24, 2.45) is 5.41 Å². The van der Waals surface area contributed by atoms with E-state index in [1.807, 2.05) is 32.8 Å². The number of aromatic nitrogens is 3. The van der Waals surface area contributed by atoms with E-state index in [1.165, 1.54) is 36.5 Å². The number of nitrogens with zero attached hydrogens (tertiary/aromatic N) is 4. The highest BCUT2D eigenvalue weighted by molar-refractivity contribution is 5.96. The van der Waals surface area contributed by atoms with E-state index in [-0.39, 0.29) is 46.0 Å². The van der Waals surface area contributed by atoms with Crippen LogP contribution in [0, 0.1) is 5.41 Å². The van der Waals surface area contributed by atoms with Crippen LogP contribution in [-0.2, 0) is 6.18 Å². The molecule has 14 heteroatoms. The van der Waals surface area contributed by atoms with Gasteiger partial charge in [-0.2, -0.15) is 26.3 Å². The molecule has 1 atom stereocenters. The van der Waals surface area contributed by atoms with Gasteiger partial charge in [-0.05, 0) is 68.2 Å². The highest BCUT2D eigenvalue weighted by Crippen LogP contribution is 2.37. The fourth-order valence-electron chi connectivity index (χ4n) is 4.56. The Labute approximate surface area is 237 Å². The Morgan fingerprint density at radius 3 is 2.26 bits per heavy atom. The number of nitrogens with one attached hydrogen (secondary N) is 3. The molecule has 0 saturated carbocycles. The summed E-state index contributed by atoms with van der Waals surface area (Å²) < 4.78 is 80.2. The number of pyridine rings is 1. The van der Waals surface area contributed by atoms with Crippen LogP contribution in [0.5, 0.6) is 0 Å². The van der Waals surface area contributed by atoms with Crippen LogP contribution in [0.1, 0.15) is 41.8 Å². The standard InChI is InChI=1S/C28H29F6N7O/c1-26(2,15-41(3)4)14-36-25(42)24-39-22(37-17-9-7-16(8-10-17)27(29,30)31)18-11-12-20(38-23(18)40-24)21-19(28(32,33)34)6-5-13-35-21/h5-13,21,35H,14-15H2,1-4H3,(H,36,42)(H,37,38,39,40). The van der Waals surface area contributed by atoms with Gasteiger partial charge >= 0.3 is 12.4 Å². The Balaban J connectivity index is 1.74. The molecule has 3 aromatic rings. The third-order valence-electron chi connectivity index (χ3n) is 6.30. The van der Waals surface area contributed by atoms with Gasteiger partial charge in [0.2, 0.25) is 5.82 Å². The number of carbonyl (C=O) groups excluding carboxylic acids is 1. The van der Waals surface area contributed by atoms with E-state index in [9.17, 15) is 31.1 Å². The van der Waals surface area contributed by atoms with Crippen molar-refractivity contribution >= 4 is 28.4 Å². The van der Waals surface area contributed by atoms with Crippen LogP contribution in [-0.4, -0.2) is 59.1 Å². The van der Waals surface area contributed by atoms with E-state index in [4.69, 9.17) is 0 Å². The minimum atomic E-state index is -4.63. The third kappa shape index (κ3) is 7.35. The summed E-state index contributed by atoms with van der Waals surface area (Å²) in [6.45, 7) is 4.84. The van der Waals surface area contributed by atoms with Gasteiger partial charge in [0.05, 0.1) is 28.3 Å². The number of rotatable bonds is 8. The summed E-state index contributed by atoms with van der Waals surface area (Å²) in [5.74, 6) is -0.925. The maximum Gasteiger partial charge on any atom is 0.416 e. The van der Waals surface area contributed by atoms with Gasteiger partial charge in [-0.3, -0.25) is 4.79 Å². The molecule has 0 bridgehead atoms. The minimum Gasteiger partial charge on any atom is -0.379 e. The molecule has 2 aromatic heterocycles. The van der Waals surface area contributed by atoms with Crippen LogP contribution < -0.4 is 16.0 Å². The van der Waals surface area contributed by atoms with Crippen molar-refractivity contribution in [3.63, 3.8) is 0 Å². The number of alkyl halides is 6. The topological polar surface area (TPSA) is 95.1 Å². The Morgan fingerprint density at radius 2 is 1.64 bits per heavy atom. The highest BCUT2D eigenvalue weighted by Gasteiger charge is 2.40. The monoisotopic (exact) mass is 593 g/mol. The quantitative estimate of drug-likeness (QED) is 0.286. The molecule has 1 amide bonds. The average Bonchev–Trinajstić information content (AvgIpc) is 2.90. The largest absolute Gasteiger partial charge is 0.416 e. The van der Waals surface area contributed by atoms with E-state index < -0.39 is 35.4 Å². The highest BCUT2D eigenvalue weighted by atomic mass is 19.4. The molecule has 0 spiro atoms. The van der Waals surface area contributed by atoms with Gasteiger partial charge in [-0.1, -0.05) is 19.9 Å². The lowest BCUT2D eigenvalue weighted by atomic mass is 9.93. The van der Waals surface area contributed by atoms with Gasteiger partial charge in [0, 0.05) is 18.8 Å². The minimum absolute atomic E-state index is 0.00641. The van der Waals surface area contributed by atoms with Crippen LogP contribution in [0.15, 0.2) is 60.3 Å². The molecular formula is C28H29F6N7O. The van der Waals surface area contributed by atoms with Crippen molar-refractivity contribution in [2.75, 3.05) is 32.5 Å². The Hall–Kier alpha value is -4.20. The molecule has 0 aliphatic carbocycles. The van der Waals surface area contributed by atoms with Crippen molar-refractivity contribution in [3.05, 3.63) is 77.4 Å². The lowest BCUT2D eigenvalue weighted by Gasteiger charge is -2.28.